The van der Waals surface area contributed by atoms with Crippen molar-refractivity contribution in [2.75, 3.05) is 19.8 Å². The van der Waals surface area contributed by atoms with Crippen LogP contribution in [0.1, 0.15) is 116 Å². The molecule has 2 aromatic rings. The van der Waals surface area contributed by atoms with Gasteiger partial charge in [0.15, 0.2) is 11.6 Å². The van der Waals surface area contributed by atoms with Crippen LogP contribution < -0.4 is 4.74 Å². The highest BCUT2D eigenvalue weighted by atomic mass is 16.6. The van der Waals surface area contributed by atoms with Gasteiger partial charge in [-0.15, -0.1) is 0 Å². The molecule has 1 fully saturated rings. The molecule has 3 rings (SSSR count). The Balaban J connectivity index is 1.38. The van der Waals surface area contributed by atoms with Crippen molar-refractivity contribution >= 4 is 5.97 Å². The Kier molecular flexibility index (Phi) is 14.3. The molecular formula is C33H50N2O4. The van der Waals surface area contributed by atoms with Gasteiger partial charge in [-0.05, 0) is 24.3 Å². The second kappa shape index (κ2) is 18.0. The van der Waals surface area contributed by atoms with Crippen LogP contribution in [0.5, 0.6) is 5.75 Å². The minimum Gasteiger partial charge on any atom is -0.490 e. The van der Waals surface area contributed by atoms with E-state index in [2.05, 4.69) is 42.9 Å². The fourth-order valence-electron chi connectivity index (χ4n) is 5.17. The summed E-state index contributed by atoms with van der Waals surface area (Å²) < 4.78 is 17.2. The highest BCUT2D eigenvalue weighted by Gasteiger charge is 2.38. The Labute approximate surface area is 236 Å². The van der Waals surface area contributed by atoms with Crippen LogP contribution in [0.15, 0.2) is 36.7 Å². The summed E-state index contributed by atoms with van der Waals surface area (Å²) >= 11 is 0. The number of hydrogen-bond acceptors (Lipinski definition) is 6. The summed E-state index contributed by atoms with van der Waals surface area (Å²) in [4.78, 5) is 21.6. The van der Waals surface area contributed by atoms with Gasteiger partial charge in [0.1, 0.15) is 6.10 Å². The van der Waals surface area contributed by atoms with Gasteiger partial charge in [0.2, 0.25) is 0 Å². The summed E-state index contributed by atoms with van der Waals surface area (Å²) in [5.41, 5.74) is 2.07. The average Bonchev–Trinajstić information content (AvgIpc) is 3.34. The Bertz CT molecular complexity index is 932. The molecular weight excluding hydrogens is 488 g/mol. The first-order valence-corrected chi connectivity index (χ1v) is 15.5. The molecule has 0 aliphatic carbocycles. The SMILES string of the molecule is CCCCCCCCCCOc1cnc(-c2ccc(C(C)C3CC(COCCCCCC)OC3=O)cc2)nc1. The van der Waals surface area contributed by atoms with Crippen LogP contribution in [0.2, 0.25) is 0 Å². The molecule has 1 saturated heterocycles. The standard InChI is InChI=1S/C33H50N2O4/c1-4-6-8-10-11-12-13-15-21-38-30-23-34-32(35-24-30)28-18-16-27(17-19-28)26(3)31-22-29(39-33(31)36)25-37-20-14-9-7-5-2/h16-19,23-24,26,29,31H,4-15,20-22,25H2,1-3H3. The van der Waals surface area contributed by atoms with Gasteiger partial charge in [-0.2, -0.15) is 0 Å². The summed E-state index contributed by atoms with van der Waals surface area (Å²) in [6, 6.07) is 8.19. The van der Waals surface area contributed by atoms with Crippen molar-refractivity contribution in [3.8, 4) is 17.1 Å². The van der Waals surface area contributed by atoms with Gasteiger partial charge in [-0.25, -0.2) is 9.97 Å². The van der Waals surface area contributed by atoms with E-state index in [-0.39, 0.29) is 23.9 Å². The van der Waals surface area contributed by atoms with Crippen LogP contribution >= 0.6 is 0 Å². The lowest BCUT2D eigenvalue weighted by molar-refractivity contribution is -0.146. The lowest BCUT2D eigenvalue weighted by Gasteiger charge is -2.16. The topological polar surface area (TPSA) is 70.5 Å². The molecule has 1 aromatic carbocycles. The minimum atomic E-state index is -0.140. The van der Waals surface area contributed by atoms with Crippen molar-refractivity contribution < 1.29 is 19.0 Å². The molecule has 216 valence electrons. The fraction of sp³-hybridized carbons (Fsp3) is 0.667. The molecule has 0 spiro atoms. The van der Waals surface area contributed by atoms with Gasteiger partial charge >= 0.3 is 5.97 Å². The largest absolute Gasteiger partial charge is 0.490 e. The van der Waals surface area contributed by atoms with Crippen LogP contribution in [0.25, 0.3) is 11.4 Å². The number of ether oxygens (including phenoxy) is 3. The Hall–Kier alpha value is -2.47. The summed E-state index contributed by atoms with van der Waals surface area (Å²) in [5, 5.41) is 0. The minimum absolute atomic E-state index is 0.0779. The monoisotopic (exact) mass is 538 g/mol. The number of esters is 1. The first-order valence-electron chi connectivity index (χ1n) is 15.5. The van der Waals surface area contributed by atoms with E-state index in [1.54, 1.807) is 12.4 Å². The number of rotatable bonds is 20. The molecule has 0 N–H and O–H groups in total. The molecule has 0 bridgehead atoms. The van der Waals surface area contributed by atoms with Crippen LogP contribution in [0.4, 0.5) is 0 Å². The van der Waals surface area contributed by atoms with Crippen LogP contribution in [0.3, 0.4) is 0 Å². The summed E-state index contributed by atoms with van der Waals surface area (Å²) in [6.07, 6.45) is 19.1. The first-order chi connectivity index (χ1) is 19.1. The predicted molar refractivity (Wildman–Crippen MR) is 157 cm³/mol. The molecule has 0 radical (unpaired) electrons. The lowest BCUT2D eigenvalue weighted by atomic mass is 9.85. The van der Waals surface area contributed by atoms with Gasteiger partial charge in [0, 0.05) is 18.6 Å². The van der Waals surface area contributed by atoms with E-state index in [0.29, 0.717) is 31.2 Å². The Morgan fingerprint density at radius 3 is 2.10 bits per heavy atom. The molecule has 3 unspecified atom stereocenters. The molecule has 1 aliphatic heterocycles. The number of cyclic esters (lactones) is 1. The van der Waals surface area contributed by atoms with E-state index in [4.69, 9.17) is 14.2 Å². The molecule has 0 saturated carbocycles. The van der Waals surface area contributed by atoms with Gasteiger partial charge in [-0.1, -0.05) is 109 Å². The lowest BCUT2D eigenvalue weighted by Crippen LogP contribution is -2.15. The van der Waals surface area contributed by atoms with E-state index >= 15 is 0 Å². The molecule has 1 aliphatic rings. The van der Waals surface area contributed by atoms with E-state index < -0.39 is 0 Å². The van der Waals surface area contributed by atoms with E-state index in [1.807, 2.05) is 12.1 Å². The third-order valence-corrected chi connectivity index (χ3v) is 7.74. The van der Waals surface area contributed by atoms with Gasteiger partial charge < -0.3 is 14.2 Å². The average molecular weight is 539 g/mol. The Morgan fingerprint density at radius 1 is 0.846 bits per heavy atom. The Morgan fingerprint density at radius 2 is 1.44 bits per heavy atom. The molecule has 39 heavy (non-hydrogen) atoms. The third kappa shape index (κ3) is 10.9. The summed E-state index contributed by atoms with van der Waals surface area (Å²) in [7, 11) is 0. The maximum atomic E-state index is 12.6. The number of hydrogen-bond donors (Lipinski definition) is 0. The van der Waals surface area contributed by atoms with Crippen molar-refractivity contribution in [1.29, 1.82) is 0 Å². The van der Waals surface area contributed by atoms with Crippen molar-refractivity contribution in [2.24, 2.45) is 5.92 Å². The molecule has 6 nitrogen and oxygen atoms in total. The molecule has 1 aromatic heterocycles. The number of carbonyl (C=O) groups is 1. The molecule has 3 atom stereocenters. The predicted octanol–water partition coefficient (Wildman–Crippen LogP) is 8.30. The smallest absolute Gasteiger partial charge is 0.310 e. The summed E-state index contributed by atoms with van der Waals surface area (Å²) in [5.74, 6) is 1.21. The van der Waals surface area contributed by atoms with Crippen molar-refractivity contribution in [3.05, 3.63) is 42.2 Å². The van der Waals surface area contributed by atoms with E-state index in [0.717, 1.165) is 30.6 Å². The fourth-order valence-corrected chi connectivity index (χ4v) is 5.17. The van der Waals surface area contributed by atoms with Crippen LogP contribution in [0, 0.1) is 5.92 Å². The van der Waals surface area contributed by atoms with E-state index in [1.165, 1.54) is 64.2 Å². The normalized spacial score (nSPS) is 17.8. The number of benzene rings is 1. The van der Waals surface area contributed by atoms with Crippen LogP contribution in [-0.4, -0.2) is 41.9 Å². The number of aromatic nitrogens is 2. The zero-order valence-electron chi connectivity index (χ0n) is 24.5. The molecule has 0 amide bonds. The maximum absolute atomic E-state index is 12.6. The van der Waals surface area contributed by atoms with Crippen LogP contribution in [-0.2, 0) is 14.3 Å². The first kappa shape index (κ1) is 31.1. The van der Waals surface area contributed by atoms with E-state index in [9.17, 15) is 4.79 Å². The number of carbonyl (C=O) groups excluding carboxylic acids is 1. The maximum Gasteiger partial charge on any atom is 0.310 e. The summed E-state index contributed by atoms with van der Waals surface area (Å²) in [6.45, 7) is 8.50. The zero-order valence-corrected chi connectivity index (χ0v) is 24.5. The van der Waals surface area contributed by atoms with Gasteiger partial charge in [0.05, 0.1) is 31.5 Å². The second-order valence-electron chi connectivity index (χ2n) is 11.0. The number of unbranched alkanes of at least 4 members (excludes halogenated alkanes) is 10. The number of nitrogens with zero attached hydrogens (tertiary/aromatic N) is 2. The van der Waals surface area contributed by atoms with Crippen molar-refractivity contribution in [3.63, 3.8) is 0 Å². The second-order valence-corrected chi connectivity index (χ2v) is 11.0. The zero-order chi connectivity index (χ0) is 27.7. The van der Waals surface area contributed by atoms with Gasteiger partial charge in [-0.3, -0.25) is 4.79 Å². The highest BCUT2D eigenvalue weighted by Crippen LogP contribution is 2.35. The third-order valence-electron chi connectivity index (χ3n) is 7.74. The van der Waals surface area contributed by atoms with Crippen molar-refractivity contribution in [1.82, 2.24) is 9.97 Å². The quantitative estimate of drug-likeness (QED) is 0.125. The van der Waals surface area contributed by atoms with Crippen molar-refractivity contribution in [2.45, 2.75) is 116 Å². The molecule has 2 heterocycles. The van der Waals surface area contributed by atoms with Gasteiger partial charge in [0.25, 0.3) is 0 Å². The highest BCUT2D eigenvalue weighted by molar-refractivity contribution is 5.76. The molecule has 6 heteroatoms.